The highest BCUT2D eigenvalue weighted by Gasteiger charge is 2.00. The summed E-state index contributed by atoms with van der Waals surface area (Å²) in [4.78, 5) is 0. The van der Waals surface area contributed by atoms with Crippen LogP contribution in [-0.4, -0.2) is 13.2 Å². The summed E-state index contributed by atoms with van der Waals surface area (Å²) in [5.74, 6) is 1.62. The molecule has 112 valence electrons. The summed E-state index contributed by atoms with van der Waals surface area (Å²) in [6.45, 7) is 5.36. The van der Waals surface area contributed by atoms with Gasteiger partial charge in [0.1, 0.15) is 11.5 Å². The van der Waals surface area contributed by atoms with Gasteiger partial charge in [0, 0.05) is 12.5 Å². The van der Waals surface area contributed by atoms with Gasteiger partial charge in [-0.3, -0.25) is 0 Å². The molecule has 2 rings (SSSR count). The predicted octanol–water partition coefficient (Wildman–Crippen LogP) is 4.39. The first-order valence-electron chi connectivity index (χ1n) is 6.94. The molecule has 2 aromatic carbocycles. The summed E-state index contributed by atoms with van der Waals surface area (Å²) in [5, 5.41) is 0.542. The minimum Gasteiger partial charge on any atom is -0.493 e. The lowest BCUT2D eigenvalue weighted by atomic mass is 10.1. The number of rotatable bonds is 6. The van der Waals surface area contributed by atoms with E-state index in [1.807, 2.05) is 12.1 Å². The molecule has 0 aliphatic rings. The van der Waals surface area contributed by atoms with Crippen molar-refractivity contribution < 1.29 is 9.47 Å². The van der Waals surface area contributed by atoms with Gasteiger partial charge in [0.25, 0.3) is 0 Å². The van der Waals surface area contributed by atoms with Gasteiger partial charge in [-0.25, -0.2) is 0 Å². The first kappa shape index (κ1) is 15.5. The maximum absolute atomic E-state index is 5.86. The molecule has 0 spiro atoms. The Bertz CT molecular complexity index is 560. The van der Waals surface area contributed by atoms with Crippen molar-refractivity contribution in [3.05, 3.63) is 52.5 Å². The lowest BCUT2D eigenvalue weighted by Gasteiger charge is -2.10. The molecule has 3 nitrogen and oxygen atoms in total. The number of nitrogen functional groups attached to an aromatic ring is 1. The lowest BCUT2D eigenvalue weighted by molar-refractivity contribution is 0.247. The van der Waals surface area contributed by atoms with Gasteiger partial charge >= 0.3 is 0 Å². The Labute approximate surface area is 130 Å². The van der Waals surface area contributed by atoms with Gasteiger partial charge in [0.05, 0.1) is 23.9 Å². The van der Waals surface area contributed by atoms with Crippen molar-refractivity contribution in [1.82, 2.24) is 0 Å². The summed E-state index contributed by atoms with van der Waals surface area (Å²) in [6, 6.07) is 11.4. The molecule has 0 heterocycles. The minimum atomic E-state index is 0.528. The second-order valence-corrected chi connectivity index (χ2v) is 5.39. The molecule has 0 aliphatic carbocycles. The van der Waals surface area contributed by atoms with E-state index in [9.17, 15) is 0 Å². The van der Waals surface area contributed by atoms with Crippen molar-refractivity contribution in [2.75, 3.05) is 18.9 Å². The Morgan fingerprint density at radius 2 is 1.52 bits per heavy atom. The monoisotopic (exact) mass is 305 g/mol. The average Bonchev–Trinajstić information content (AvgIpc) is 2.46. The maximum Gasteiger partial charge on any atom is 0.121 e. The molecule has 2 aromatic rings. The van der Waals surface area contributed by atoms with Crippen LogP contribution in [0.25, 0.3) is 0 Å². The zero-order chi connectivity index (χ0) is 15.2. The van der Waals surface area contributed by atoms with E-state index in [0.717, 1.165) is 17.9 Å². The predicted molar refractivity (Wildman–Crippen MR) is 87.4 cm³/mol. The summed E-state index contributed by atoms with van der Waals surface area (Å²) in [6.07, 6.45) is 0.801. The Hall–Kier alpha value is -1.87. The molecule has 21 heavy (non-hydrogen) atoms. The van der Waals surface area contributed by atoms with Gasteiger partial charge in [0.15, 0.2) is 0 Å². The molecule has 2 N–H and O–H groups in total. The van der Waals surface area contributed by atoms with Crippen LogP contribution in [0.15, 0.2) is 36.4 Å². The summed E-state index contributed by atoms with van der Waals surface area (Å²) >= 11 is 5.86. The molecule has 0 fully saturated rings. The Morgan fingerprint density at radius 1 is 0.905 bits per heavy atom. The Morgan fingerprint density at radius 3 is 2.14 bits per heavy atom. The van der Waals surface area contributed by atoms with Crippen LogP contribution in [0.2, 0.25) is 5.02 Å². The molecular weight excluding hydrogens is 286 g/mol. The normalized spacial score (nSPS) is 10.4. The van der Waals surface area contributed by atoms with Crippen LogP contribution in [0.3, 0.4) is 0 Å². The van der Waals surface area contributed by atoms with Crippen LogP contribution >= 0.6 is 11.6 Å². The summed E-state index contributed by atoms with van der Waals surface area (Å²) in [5.41, 5.74) is 8.75. The van der Waals surface area contributed by atoms with E-state index in [-0.39, 0.29) is 0 Å². The SMILES string of the molecule is Cc1ccc(OCCCOc2ccc(Cl)c(N)c2)cc1C. The first-order valence-corrected chi connectivity index (χ1v) is 7.32. The van der Waals surface area contributed by atoms with Crippen LogP contribution < -0.4 is 15.2 Å². The third-order valence-electron chi connectivity index (χ3n) is 3.27. The molecule has 0 radical (unpaired) electrons. The second kappa shape index (κ2) is 7.23. The highest BCUT2D eigenvalue weighted by atomic mass is 35.5. The van der Waals surface area contributed by atoms with Crippen LogP contribution in [-0.2, 0) is 0 Å². The molecular formula is C17H20ClNO2. The molecule has 0 amide bonds. The van der Waals surface area contributed by atoms with E-state index in [1.165, 1.54) is 11.1 Å². The average molecular weight is 306 g/mol. The summed E-state index contributed by atoms with van der Waals surface area (Å²) < 4.78 is 11.3. The van der Waals surface area contributed by atoms with Crippen LogP contribution in [0, 0.1) is 13.8 Å². The molecule has 0 aromatic heterocycles. The molecule has 4 heteroatoms. The van der Waals surface area contributed by atoms with Gasteiger partial charge in [-0.1, -0.05) is 17.7 Å². The van der Waals surface area contributed by atoms with Gasteiger partial charge in [-0.05, 0) is 49.2 Å². The van der Waals surface area contributed by atoms with Crippen LogP contribution in [0.5, 0.6) is 11.5 Å². The molecule has 0 saturated carbocycles. The third kappa shape index (κ3) is 4.57. The lowest BCUT2D eigenvalue weighted by Crippen LogP contribution is -2.05. The zero-order valence-electron chi connectivity index (χ0n) is 12.4. The largest absolute Gasteiger partial charge is 0.493 e. The summed E-state index contributed by atoms with van der Waals surface area (Å²) in [7, 11) is 0. The van der Waals surface area contributed by atoms with Crippen molar-refractivity contribution in [2.45, 2.75) is 20.3 Å². The second-order valence-electron chi connectivity index (χ2n) is 4.98. The molecule has 0 unspecified atom stereocenters. The van der Waals surface area contributed by atoms with E-state index >= 15 is 0 Å². The zero-order valence-corrected chi connectivity index (χ0v) is 13.1. The van der Waals surface area contributed by atoms with Crippen molar-refractivity contribution >= 4 is 17.3 Å². The Balaban J connectivity index is 1.72. The number of nitrogens with two attached hydrogens (primary N) is 1. The van der Waals surface area contributed by atoms with Crippen LogP contribution in [0.4, 0.5) is 5.69 Å². The van der Waals surface area contributed by atoms with Crippen molar-refractivity contribution in [1.29, 1.82) is 0 Å². The molecule has 0 bridgehead atoms. The van der Waals surface area contributed by atoms with Gasteiger partial charge in [-0.15, -0.1) is 0 Å². The standard InChI is InChI=1S/C17H20ClNO2/c1-12-4-5-14(10-13(12)2)20-8-3-9-21-15-6-7-16(18)17(19)11-15/h4-7,10-11H,3,8-9,19H2,1-2H3. The van der Waals surface area contributed by atoms with Gasteiger partial charge in [0.2, 0.25) is 0 Å². The van der Waals surface area contributed by atoms with Crippen molar-refractivity contribution in [3.63, 3.8) is 0 Å². The smallest absolute Gasteiger partial charge is 0.121 e. The van der Waals surface area contributed by atoms with Gasteiger partial charge < -0.3 is 15.2 Å². The maximum atomic E-state index is 5.86. The third-order valence-corrected chi connectivity index (χ3v) is 3.62. The number of benzene rings is 2. The van der Waals surface area contributed by atoms with E-state index in [4.69, 9.17) is 26.8 Å². The minimum absolute atomic E-state index is 0.528. The number of hydrogen-bond donors (Lipinski definition) is 1. The van der Waals surface area contributed by atoms with Crippen molar-refractivity contribution in [3.8, 4) is 11.5 Å². The van der Waals surface area contributed by atoms with E-state index in [2.05, 4.69) is 26.0 Å². The fourth-order valence-corrected chi connectivity index (χ4v) is 1.97. The molecule has 0 saturated heterocycles. The van der Waals surface area contributed by atoms with Gasteiger partial charge in [-0.2, -0.15) is 0 Å². The highest BCUT2D eigenvalue weighted by Crippen LogP contribution is 2.24. The van der Waals surface area contributed by atoms with E-state index in [1.54, 1.807) is 12.1 Å². The number of halogens is 1. The number of hydrogen-bond acceptors (Lipinski definition) is 3. The van der Waals surface area contributed by atoms with E-state index in [0.29, 0.717) is 23.9 Å². The van der Waals surface area contributed by atoms with Crippen molar-refractivity contribution in [2.24, 2.45) is 0 Å². The fraction of sp³-hybridized carbons (Fsp3) is 0.294. The molecule has 0 atom stereocenters. The number of anilines is 1. The molecule has 0 aliphatic heterocycles. The Kier molecular flexibility index (Phi) is 5.34. The number of ether oxygens (including phenoxy) is 2. The van der Waals surface area contributed by atoms with E-state index < -0.39 is 0 Å². The number of aryl methyl sites for hydroxylation is 2. The first-order chi connectivity index (χ1) is 10.1. The van der Waals surface area contributed by atoms with Crippen LogP contribution in [0.1, 0.15) is 17.5 Å². The topological polar surface area (TPSA) is 44.5 Å². The fourth-order valence-electron chi connectivity index (χ4n) is 1.85. The highest BCUT2D eigenvalue weighted by molar-refractivity contribution is 6.33. The quantitative estimate of drug-likeness (QED) is 0.636.